The van der Waals surface area contributed by atoms with E-state index in [0.29, 0.717) is 18.8 Å². The zero-order valence-corrected chi connectivity index (χ0v) is 10.7. The molecule has 0 aliphatic carbocycles. The van der Waals surface area contributed by atoms with Crippen molar-refractivity contribution in [1.82, 2.24) is 0 Å². The van der Waals surface area contributed by atoms with Crippen LogP contribution in [0.1, 0.15) is 20.8 Å². The molecule has 0 aliphatic heterocycles. The fourth-order valence-corrected chi connectivity index (χ4v) is 2.30. The molecule has 0 atom stereocenters. The highest BCUT2D eigenvalue weighted by Crippen LogP contribution is 2.10. The van der Waals surface area contributed by atoms with Gasteiger partial charge in [-0.3, -0.25) is 0 Å². The van der Waals surface area contributed by atoms with Gasteiger partial charge in [0, 0.05) is 11.3 Å². The van der Waals surface area contributed by atoms with Gasteiger partial charge in [0.05, 0.1) is 18.8 Å². The zero-order valence-electron chi connectivity index (χ0n) is 9.83. The summed E-state index contributed by atoms with van der Waals surface area (Å²) in [6, 6.07) is 10.9. The smallest absolute Gasteiger partial charge is 0.335 e. The van der Waals surface area contributed by atoms with Crippen LogP contribution in [0, 0.1) is 0 Å². The second-order valence-corrected chi connectivity index (χ2v) is 4.92. The number of hydrogen-bond donors (Lipinski definition) is 1. The highest BCUT2D eigenvalue weighted by molar-refractivity contribution is 7.09. The summed E-state index contributed by atoms with van der Waals surface area (Å²) in [6.45, 7) is 1.10. The second-order valence-electron chi connectivity index (χ2n) is 3.89. The second kappa shape index (κ2) is 6.33. The summed E-state index contributed by atoms with van der Waals surface area (Å²) in [7, 11) is 0. The van der Waals surface area contributed by atoms with E-state index in [0.717, 1.165) is 12.0 Å². The fraction of sp³-hybridized carbons (Fsp3) is 0.214. The van der Waals surface area contributed by atoms with E-state index in [9.17, 15) is 4.79 Å². The van der Waals surface area contributed by atoms with Gasteiger partial charge in [-0.25, -0.2) is 4.79 Å². The number of aromatic carboxylic acids is 1. The number of carboxylic acids is 1. The van der Waals surface area contributed by atoms with Crippen molar-refractivity contribution >= 4 is 17.3 Å². The van der Waals surface area contributed by atoms with Gasteiger partial charge >= 0.3 is 5.97 Å². The molecule has 0 fully saturated rings. The average Bonchev–Trinajstić information content (AvgIpc) is 2.88. The molecule has 0 amide bonds. The molecule has 3 nitrogen and oxygen atoms in total. The van der Waals surface area contributed by atoms with Crippen molar-refractivity contribution < 1.29 is 14.6 Å². The van der Waals surface area contributed by atoms with E-state index in [1.54, 1.807) is 29.5 Å². The molecular weight excluding hydrogens is 248 g/mol. The van der Waals surface area contributed by atoms with Crippen molar-refractivity contribution in [3.8, 4) is 0 Å². The Labute approximate surface area is 110 Å². The number of benzene rings is 1. The summed E-state index contributed by atoms with van der Waals surface area (Å²) in [5.74, 6) is -0.907. The van der Waals surface area contributed by atoms with Crippen LogP contribution in [-0.2, 0) is 17.8 Å². The number of hydrogen-bond acceptors (Lipinski definition) is 3. The van der Waals surface area contributed by atoms with Crippen molar-refractivity contribution in [2.45, 2.75) is 13.0 Å². The van der Waals surface area contributed by atoms with E-state index in [1.807, 2.05) is 17.5 Å². The number of thiophene rings is 1. The minimum Gasteiger partial charge on any atom is -0.478 e. The number of carboxylic acid groups (broad SMARTS) is 1. The third-order valence-electron chi connectivity index (χ3n) is 2.52. The van der Waals surface area contributed by atoms with Crippen molar-refractivity contribution in [2.24, 2.45) is 0 Å². The van der Waals surface area contributed by atoms with Crippen LogP contribution in [0.15, 0.2) is 41.8 Å². The first-order valence-electron chi connectivity index (χ1n) is 5.68. The Balaban J connectivity index is 1.79. The molecule has 0 unspecified atom stereocenters. The Morgan fingerprint density at radius 1 is 1.28 bits per heavy atom. The van der Waals surface area contributed by atoms with Crippen LogP contribution >= 0.6 is 11.3 Å². The minimum atomic E-state index is -0.907. The minimum absolute atomic E-state index is 0.300. The quantitative estimate of drug-likeness (QED) is 0.813. The Morgan fingerprint density at radius 2 is 2.17 bits per heavy atom. The van der Waals surface area contributed by atoms with Crippen LogP contribution in [0.25, 0.3) is 0 Å². The van der Waals surface area contributed by atoms with Gasteiger partial charge in [-0.15, -0.1) is 11.3 Å². The maximum atomic E-state index is 10.8. The normalized spacial score (nSPS) is 10.4. The SMILES string of the molecule is O=C(O)c1cccc(COCCc2cccs2)c1. The van der Waals surface area contributed by atoms with Gasteiger partial charge in [-0.05, 0) is 29.1 Å². The van der Waals surface area contributed by atoms with E-state index >= 15 is 0 Å². The molecule has 1 N–H and O–H groups in total. The molecule has 0 saturated carbocycles. The Kier molecular flexibility index (Phi) is 4.50. The summed E-state index contributed by atoms with van der Waals surface area (Å²) in [4.78, 5) is 12.1. The molecule has 0 radical (unpaired) electrons. The molecule has 4 heteroatoms. The van der Waals surface area contributed by atoms with Gasteiger partial charge in [-0.2, -0.15) is 0 Å². The molecule has 0 saturated heterocycles. The van der Waals surface area contributed by atoms with Crippen LogP contribution in [0.3, 0.4) is 0 Å². The third-order valence-corrected chi connectivity index (χ3v) is 3.45. The predicted molar refractivity (Wildman–Crippen MR) is 71.1 cm³/mol. The van der Waals surface area contributed by atoms with Gasteiger partial charge in [0.15, 0.2) is 0 Å². The van der Waals surface area contributed by atoms with Crippen molar-refractivity contribution in [3.63, 3.8) is 0 Å². The van der Waals surface area contributed by atoms with E-state index < -0.39 is 5.97 Å². The first-order valence-corrected chi connectivity index (χ1v) is 6.56. The summed E-state index contributed by atoms with van der Waals surface area (Å²) < 4.78 is 5.54. The highest BCUT2D eigenvalue weighted by Gasteiger charge is 2.03. The van der Waals surface area contributed by atoms with Crippen LogP contribution in [0.2, 0.25) is 0 Å². The summed E-state index contributed by atoms with van der Waals surface area (Å²) in [5, 5.41) is 10.9. The van der Waals surface area contributed by atoms with Gasteiger partial charge < -0.3 is 9.84 Å². The molecule has 0 aliphatic rings. The van der Waals surface area contributed by atoms with Crippen LogP contribution in [0.5, 0.6) is 0 Å². The maximum Gasteiger partial charge on any atom is 0.335 e. The summed E-state index contributed by atoms with van der Waals surface area (Å²) >= 11 is 1.72. The van der Waals surface area contributed by atoms with Gasteiger partial charge in [0.25, 0.3) is 0 Å². The lowest BCUT2D eigenvalue weighted by Gasteiger charge is -2.04. The van der Waals surface area contributed by atoms with Crippen molar-refractivity contribution in [2.75, 3.05) is 6.61 Å². The lowest BCUT2D eigenvalue weighted by atomic mass is 10.1. The van der Waals surface area contributed by atoms with Gasteiger partial charge in [0.2, 0.25) is 0 Å². The Bertz CT molecular complexity index is 506. The topological polar surface area (TPSA) is 46.5 Å². The standard InChI is InChI=1S/C14H14O3S/c15-14(16)12-4-1-3-11(9-12)10-17-7-6-13-5-2-8-18-13/h1-5,8-9H,6-7,10H2,(H,15,16). The lowest BCUT2D eigenvalue weighted by molar-refractivity contribution is 0.0696. The van der Waals surface area contributed by atoms with Crippen molar-refractivity contribution in [1.29, 1.82) is 0 Å². The molecular formula is C14H14O3S. The molecule has 1 heterocycles. The van der Waals surface area contributed by atoms with Gasteiger partial charge in [-0.1, -0.05) is 18.2 Å². The summed E-state index contributed by atoms with van der Waals surface area (Å²) in [6.07, 6.45) is 0.899. The molecule has 2 rings (SSSR count). The van der Waals surface area contributed by atoms with Crippen LogP contribution < -0.4 is 0 Å². The van der Waals surface area contributed by atoms with E-state index in [4.69, 9.17) is 9.84 Å². The van der Waals surface area contributed by atoms with Crippen LogP contribution in [0.4, 0.5) is 0 Å². The molecule has 18 heavy (non-hydrogen) atoms. The molecule has 0 bridgehead atoms. The fourth-order valence-electron chi connectivity index (χ4n) is 1.61. The average molecular weight is 262 g/mol. The largest absolute Gasteiger partial charge is 0.478 e. The molecule has 94 valence electrons. The number of rotatable bonds is 6. The zero-order chi connectivity index (χ0) is 12.8. The predicted octanol–water partition coefficient (Wildman–Crippen LogP) is 3.21. The third kappa shape index (κ3) is 3.68. The van der Waals surface area contributed by atoms with Crippen molar-refractivity contribution in [3.05, 3.63) is 57.8 Å². The monoisotopic (exact) mass is 262 g/mol. The number of carbonyl (C=O) groups is 1. The lowest BCUT2D eigenvalue weighted by Crippen LogP contribution is -2.00. The molecule has 2 aromatic rings. The molecule has 1 aromatic carbocycles. The molecule has 1 aromatic heterocycles. The van der Waals surface area contributed by atoms with E-state index in [2.05, 4.69) is 6.07 Å². The first-order chi connectivity index (χ1) is 8.75. The Morgan fingerprint density at radius 3 is 2.89 bits per heavy atom. The van der Waals surface area contributed by atoms with E-state index in [-0.39, 0.29) is 0 Å². The summed E-state index contributed by atoms with van der Waals surface area (Å²) in [5.41, 5.74) is 1.19. The van der Waals surface area contributed by atoms with E-state index in [1.165, 1.54) is 4.88 Å². The van der Waals surface area contributed by atoms with Crippen LogP contribution in [-0.4, -0.2) is 17.7 Å². The van der Waals surface area contributed by atoms with Gasteiger partial charge in [0.1, 0.15) is 0 Å². The Hall–Kier alpha value is -1.65. The highest BCUT2D eigenvalue weighted by atomic mass is 32.1. The number of ether oxygens (including phenoxy) is 1. The molecule has 0 spiro atoms. The maximum absolute atomic E-state index is 10.8. The first kappa shape index (κ1) is 12.8.